The maximum absolute atomic E-state index is 13.2. The third-order valence-corrected chi connectivity index (χ3v) is 7.44. The third kappa shape index (κ3) is 6.34. The second kappa shape index (κ2) is 11.9. The summed E-state index contributed by atoms with van der Waals surface area (Å²) in [7, 11) is 0. The van der Waals surface area contributed by atoms with Gasteiger partial charge in [0.1, 0.15) is 12.4 Å². The lowest BCUT2D eigenvalue weighted by Gasteiger charge is -2.15. The summed E-state index contributed by atoms with van der Waals surface area (Å²) in [6, 6.07) is 14.6. The maximum atomic E-state index is 13.2. The van der Waals surface area contributed by atoms with E-state index in [1.807, 2.05) is 13.0 Å². The van der Waals surface area contributed by atoms with E-state index >= 15 is 0 Å². The molecule has 0 spiro atoms. The van der Waals surface area contributed by atoms with Crippen LogP contribution >= 0.6 is 57.6 Å². The van der Waals surface area contributed by atoms with Gasteiger partial charge in [0.15, 0.2) is 11.5 Å². The van der Waals surface area contributed by atoms with Crippen molar-refractivity contribution in [2.45, 2.75) is 20.1 Å². The topological polar surface area (TPSA) is 55.8 Å². The summed E-state index contributed by atoms with van der Waals surface area (Å²) in [6.45, 7) is 2.55. The molecule has 1 aliphatic heterocycles. The number of carbonyl (C=O) groups excluding carboxylic acids is 2. The van der Waals surface area contributed by atoms with Crippen molar-refractivity contribution in [3.05, 3.63) is 95.6 Å². The number of thioether (sulfide) groups is 1. The first-order chi connectivity index (χ1) is 17.2. The molecule has 5 nitrogen and oxygen atoms in total. The van der Waals surface area contributed by atoms with Crippen LogP contribution in [0.25, 0.3) is 6.08 Å². The van der Waals surface area contributed by atoms with Gasteiger partial charge in [-0.15, -0.1) is 0 Å². The van der Waals surface area contributed by atoms with Crippen LogP contribution in [0.4, 0.5) is 9.18 Å². The summed E-state index contributed by atoms with van der Waals surface area (Å²) in [6.07, 6.45) is 1.66. The molecule has 0 unspecified atom stereocenters. The van der Waals surface area contributed by atoms with Gasteiger partial charge in [0, 0.05) is 10.0 Å². The summed E-state index contributed by atoms with van der Waals surface area (Å²) in [5.74, 6) is 0.336. The number of ether oxygens (including phenoxy) is 2. The fourth-order valence-corrected chi connectivity index (χ4v) is 5.51. The van der Waals surface area contributed by atoms with Gasteiger partial charge in [-0.05, 0) is 100 Å². The van der Waals surface area contributed by atoms with Gasteiger partial charge >= 0.3 is 0 Å². The Morgan fingerprint density at radius 1 is 1.06 bits per heavy atom. The SMILES string of the molecule is CCOc1cc(/C=C2\SC(=O)N(Cc3ccc(Cl)cc3Cl)C2=O)cc(I)c1OCc1ccc(F)cc1. The molecule has 4 rings (SSSR count). The minimum absolute atomic E-state index is 0.0515. The molecule has 36 heavy (non-hydrogen) atoms. The van der Waals surface area contributed by atoms with Crippen LogP contribution in [0.15, 0.2) is 59.5 Å². The largest absolute Gasteiger partial charge is 0.490 e. The normalized spacial score (nSPS) is 14.6. The van der Waals surface area contributed by atoms with Gasteiger partial charge in [-0.3, -0.25) is 14.5 Å². The molecular weight excluding hydrogens is 639 g/mol. The zero-order valence-corrected chi connectivity index (χ0v) is 23.4. The average molecular weight is 658 g/mol. The van der Waals surface area contributed by atoms with Crippen LogP contribution in [0.2, 0.25) is 10.0 Å². The Kier molecular flexibility index (Phi) is 8.82. The fourth-order valence-electron chi connectivity index (χ4n) is 3.42. The lowest BCUT2D eigenvalue weighted by molar-refractivity contribution is -0.123. The smallest absolute Gasteiger partial charge is 0.293 e. The van der Waals surface area contributed by atoms with Gasteiger partial charge < -0.3 is 9.47 Å². The van der Waals surface area contributed by atoms with Gasteiger partial charge in [-0.25, -0.2) is 4.39 Å². The highest BCUT2D eigenvalue weighted by Crippen LogP contribution is 2.38. The van der Waals surface area contributed by atoms with Gasteiger partial charge in [0.05, 0.1) is 21.6 Å². The molecule has 10 heteroatoms. The Hall–Kier alpha value is -2.27. The van der Waals surface area contributed by atoms with Gasteiger partial charge in [-0.1, -0.05) is 41.4 Å². The number of halogens is 4. The molecule has 1 heterocycles. The molecule has 0 saturated carbocycles. The first-order valence-electron chi connectivity index (χ1n) is 10.8. The molecule has 0 radical (unpaired) electrons. The fraction of sp³-hybridized carbons (Fsp3) is 0.154. The van der Waals surface area contributed by atoms with Crippen molar-refractivity contribution < 1.29 is 23.5 Å². The van der Waals surface area contributed by atoms with Gasteiger partial charge in [0.2, 0.25) is 0 Å². The minimum atomic E-state index is -0.402. The molecule has 0 bridgehead atoms. The Bertz CT molecular complexity index is 1350. The van der Waals surface area contributed by atoms with Crippen LogP contribution < -0.4 is 9.47 Å². The first kappa shape index (κ1) is 26.8. The van der Waals surface area contributed by atoms with E-state index in [9.17, 15) is 14.0 Å². The first-order valence-corrected chi connectivity index (χ1v) is 13.4. The van der Waals surface area contributed by atoms with Crippen molar-refractivity contribution in [2.24, 2.45) is 0 Å². The Morgan fingerprint density at radius 3 is 2.50 bits per heavy atom. The number of benzene rings is 3. The summed E-state index contributed by atoms with van der Waals surface area (Å²) in [5.41, 5.74) is 2.13. The van der Waals surface area contributed by atoms with E-state index in [0.717, 1.165) is 25.8 Å². The second-order valence-electron chi connectivity index (χ2n) is 7.68. The van der Waals surface area contributed by atoms with Crippen LogP contribution in [-0.4, -0.2) is 22.7 Å². The Morgan fingerprint density at radius 2 is 1.81 bits per heavy atom. The lowest BCUT2D eigenvalue weighted by Crippen LogP contribution is -2.27. The highest BCUT2D eigenvalue weighted by Gasteiger charge is 2.35. The second-order valence-corrected chi connectivity index (χ2v) is 10.7. The number of carbonyl (C=O) groups is 2. The quantitative estimate of drug-likeness (QED) is 0.182. The zero-order valence-electron chi connectivity index (χ0n) is 18.9. The highest BCUT2D eigenvalue weighted by molar-refractivity contribution is 14.1. The molecule has 3 aromatic rings. The number of amides is 2. The molecule has 1 aliphatic rings. The summed E-state index contributed by atoms with van der Waals surface area (Å²) < 4.78 is 25.7. The van der Waals surface area contributed by atoms with Crippen LogP contribution in [-0.2, 0) is 17.9 Å². The van der Waals surface area contributed by atoms with Crippen molar-refractivity contribution >= 4 is 74.8 Å². The van der Waals surface area contributed by atoms with E-state index in [1.54, 1.807) is 42.5 Å². The molecule has 0 atom stereocenters. The van der Waals surface area contributed by atoms with Gasteiger partial charge in [-0.2, -0.15) is 0 Å². The minimum Gasteiger partial charge on any atom is -0.490 e. The van der Waals surface area contributed by atoms with E-state index in [1.165, 1.54) is 12.1 Å². The predicted molar refractivity (Wildman–Crippen MR) is 149 cm³/mol. The molecule has 2 amide bonds. The monoisotopic (exact) mass is 657 g/mol. The predicted octanol–water partition coefficient (Wildman–Crippen LogP) is 7.95. The number of hydrogen-bond donors (Lipinski definition) is 0. The molecule has 1 fully saturated rings. The van der Waals surface area contributed by atoms with Gasteiger partial charge in [0.25, 0.3) is 11.1 Å². The van der Waals surface area contributed by atoms with Crippen LogP contribution in [0.3, 0.4) is 0 Å². The lowest BCUT2D eigenvalue weighted by atomic mass is 10.1. The molecular formula is C26H19Cl2FINO4S. The van der Waals surface area contributed by atoms with Crippen LogP contribution in [0.5, 0.6) is 11.5 Å². The van der Waals surface area contributed by atoms with Crippen LogP contribution in [0.1, 0.15) is 23.6 Å². The van der Waals surface area contributed by atoms with E-state index in [2.05, 4.69) is 22.6 Å². The van der Waals surface area contributed by atoms with Crippen LogP contribution in [0, 0.1) is 9.39 Å². The standard InChI is InChI=1S/C26H19Cl2FINO4S/c1-2-34-22-10-16(9-21(30)24(22)35-14-15-3-7-19(29)8-4-15)11-23-25(32)31(26(33)36-23)13-17-5-6-18(27)12-20(17)28/h3-12H,2,13-14H2,1H3/b23-11-. The number of hydrogen-bond acceptors (Lipinski definition) is 5. The number of imide groups is 1. The molecule has 186 valence electrons. The Balaban J connectivity index is 1.55. The molecule has 0 aromatic heterocycles. The van der Waals surface area contributed by atoms with Crippen molar-refractivity contribution in [1.29, 1.82) is 0 Å². The van der Waals surface area contributed by atoms with Crippen molar-refractivity contribution in [2.75, 3.05) is 6.61 Å². The molecule has 0 N–H and O–H groups in total. The molecule has 3 aromatic carbocycles. The molecule has 0 aliphatic carbocycles. The summed E-state index contributed by atoms with van der Waals surface area (Å²) in [4.78, 5) is 27.0. The third-order valence-electron chi connectivity index (χ3n) is 5.14. The number of nitrogens with zero attached hydrogens (tertiary/aromatic N) is 1. The summed E-state index contributed by atoms with van der Waals surface area (Å²) >= 11 is 15.2. The highest BCUT2D eigenvalue weighted by atomic mass is 127. The number of rotatable bonds is 8. The Labute approximate surface area is 235 Å². The van der Waals surface area contributed by atoms with Crippen molar-refractivity contribution in [1.82, 2.24) is 4.90 Å². The zero-order chi connectivity index (χ0) is 25.8. The van der Waals surface area contributed by atoms with Crippen molar-refractivity contribution in [3.8, 4) is 11.5 Å². The van der Waals surface area contributed by atoms with E-state index in [-0.39, 0.29) is 24.2 Å². The molecule has 1 saturated heterocycles. The van der Waals surface area contributed by atoms with Crippen molar-refractivity contribution in [3.63, 3.8) is 0 Å². The van der Waals surface area contributed by atoms with E-state index < -0.39 is 5.91 Å². The van der Waals surface area contributed by atoms with E-state index in [4.69, 9.17) is 32.7 Å². The average Bonchev–Trinajstić information content (AvgIpc) is 3.08. The van der Waals surface area contributed by atoms with E-state index in [0.29, 0.717) is 44.2 Å². The summed E-state index contributed by atoms with van der Waals surface area (Å²) in [5, 5.41) is 0.483. The maximum Gasteiger partial charge on any atom is 0.293 e.